The number of nitrogens with zero attached hydrogens (tertiary/aromatic N) is 2. The summed E-state index contributed by atoms with van der Waals surface area (Å²) in [6.45, 7) is 2.62. The Morgan fingerprint density at radius 3 is 2.37 bits per heavy atom. The van der Waals surface area contributed by atoms with E-state index in [9.17, 15) is 4.79 Å². The number of hydrogen-bond acceptors (Lipinski definition) is 2. The first kappa shape index (κ1) is 18.8. The number of amides is 1. The lowest BCUT2D eigenvalue weighted by Gasteiger charge is -2.20. The molecule has 27 heavy (non-hydrogen) atoms. The summed E-state index contributed by atoms with van der Waals surface area (Å²) in [5.74, 6) is 0.0480. The van der Waals surface area contributed by atoms with Gasteiger partial charge in [0.2, 0.25) is 5.91 Å². The largest absolute Gasteiger partial charge is 0.378 e. The van der Waals surface area contributed by atoms with Crippen LogP contribution < -0.4 is 10.2 Å². The number of carbonyl (C=O) groups excluding carboxylic acids is 1. The average Bonchev–Trinajstić information content (AvgIpc) is 3.19. The lowest BCUT2D eigenvalue weighted by atomic mass is 10.0. The van der Waals surface area contributed by atoms with Crippen molar-refractivity contribution in [1.82, 2.24) is 9.88 Å². The molecule has 1 heterocycles. The molecule has 0 saturated carbocycles. The molecule has 0 spiro atoms. The van der Waals surface area contributed by atoms with Crippen molar-refractivity contribution in [3.8, 4) is 0 Å². The van der Waals surface area contributed by atoms with E-state index in [1.807, 2.05) is 44.7 Å². The Morgan fingerprint density at radius 2 is 1.74 bits per heavy atom. The van der Waals surface area contributed by atoms with E-state index in [0.29, 0.717) is 13.0 Å². The monoisotopic (exact) mass is 361 g/mol. The lowest BCUT2D eigenvalue weighted by molar-refractivity contribution is -0.121. The molecular formula is C23H27N3O. The quantitative estimate of drug-likeness (QED) is 0.686. The Bertz CT molecular complexity index is 867. The van der Waals surface area contributed by atoms with Crippen LogP contribution in [-0.2, 0) is 11.3 Å². The zero-order valence-corrected chi connectivity index (χ0v) is 16.2. The molecule has 2 aromatic carbocycles. The number of aryl methyl sites for hydroxylation is 1. The Labute approximate surface area is 161 Å². The standard InChI is InChI=1S/C23H27N3O/c1-18-7-6-8-20(15-18)22(26-13-4-5-14-26)16-23(27)24-17-19-9-11-21(12-10-19)25(2)3/h4-15,22H,16-17H2,1-3H3,(H,24,27). The number of carbonyl (C=O) groups is 1. The van der Waals surface area contributed by atoms with Crippen molar-refractivity contribution in [2.24, 2.45) is 0 Å². The predicted octanol–water partition coefficient (Wildman–Crippen LogP) is 4.16. The second-order valence-electron chi connectivity index (χ2n) is 7.10. The Balaban J connectivity index is 1.66. The average molecular weight is 361 g/mol. The van der Waals surface area contributed by atoms with Crippen LogP contribution in [0.15, 0.2) is 73.1 Å². The van der Waals surface area contributed by atoms with E-state index >= 15 is 0 Å². The van der Waals surface area contributed by atoms with Crippen LogP contribution in [0.5, 0.6) is 0 Å². The molecule has 140 valence electrons. The maximum absolute atomic E-state index is 12.6. The Kier molecular flexibility index (Phi) is 5.97. The zero-order valence-electron chi connectivity index (χ0n) is 16.2. The highest BCUT2D eigenvalue weighted by atomic mass is 16.1. The van der Waals surface area contributed by atoms with Crippen molar-refractivity contribution >= 4 is 11.6 Å². The second kappa shape index (κ2) is 8.58. The van der Waals surface area contributed by atoms with Gasteiger partial charge in [0.25, 0.3) is 0 Å². The van der Waals surface area contributed by atoms with E-state index in [0.717, 1.165) is 16.8 Å². The molecule has 4 heteroatoms. The molecular weight excluding hydrogens is 334 g/mol. The molecule has 0 radical (unpaired) electrons. The summed E-state index contributed by atoms with van der Waals surface area (Å²) in [7, 11) is 4.03. The van der Waals surface area contributed by atoms with E-state index in [2.05, 4.69) is 64.2 Å². The number of nitrogens with one attached hydrogen (secondary N) is 1. The third kappa shape index (κ3) is 5.00. The Hall–Kier alpha value is -3.01. The summed E-state index contributed by atoms with van der Waals surface area (Å²) < 4.78 is 2.10. The summed E-state index contributed by atoms with van der Waals surface area (Å²) in [5, 5.41) is 3.06. The second-order valence-corrected chi connectivity index (χ2v) is 7.10. The molecule has 3 aromatic rings. The molecule has 1 N–H and O–H groups in total. The molecule has 1 amide bonds. The minimum Gasteiger partial charge on any atom is -0.378 e. The van der Waals surface area contributed by atoms with E-state index < -0.39 is 0 Å². The van der Waals surface area contributed by atoms with Gasteiger partial charge in [-0.15, -0.1) is 0 Å². The molecule has 1 aromatic heterocycles. The van der Waals surface area contributed by atoms with Crippen LogP contribution in [0, 0.1) is 6.92 Å². The van der Waals surface area contributed by atoms with Crippen LogP contribution in [0.25, 0.3) is 0 Å². The van der Waals surface area contributed by atoms with Crippen LogP contribution in [0.4, 0.5) is 5.69 Å². The first-order valence-corrected chi connectivity index (χ1v) is 9.25. The van der Waals surface area contributed by atoms with Crippen molar-refractivity contribution in [3.63, 3.8) is 0 Å². The number of rotatable bonds is 7. The van der Waals surface area contributed by atoms with Crippen molar-refractivity contribution in [3.05, 3.63) is 89.7 Å². The van der Waals surface area contributed by atoms with Gasteiger partial charge in [0, 0.05) is 38.7 Å². The third-order valence-electron chi connectivity index (χ3n) is 4.74. The molecule has 4 nitrogen and oxygen atoms in total. The van der Waals surface area contributed by atoms with Crippen LogP contribution >= 0.6 is 0 Å². The normalized spacial score (nSPS) is 11.8. The van der Waals surface area contributed by atoms with Gasteiger partial charge in [-0.05, 0) is 42.3 Å². The molecule has 0 aliphatic carbocycles. The maximum atomic E-state index is 12.6. The fourth-order valence-electron chi connectivity index (χ4n) is 3.19. The van der Waals surface area contributed by atoms with Gasteiger partial charge in [0.05, 0.1) is 12.5 Å². The topological polar surface area (TPSA) is 37.3 Å². The smallest absolute Gasteiger partial charge is 0.222 e. The van der Waals surface area contributed by atoms with Crippen molar-refractivity contribution in [1.29, 1.82) is 0 Å². The fourth-order valence-corrected chi connectivity index (χ4v) is 3.19. The molecule has 0 fully saturated rings. The van der Waals surface area contributed by atoms with Crippen LogP contribution in [-0.4, -0.2) is 24.6 Å². The predicted molar refractivity (Wildman–Crippen MR) is 111 cm³/mol. The van der Waals surface area contributed by atoms with Gasteiger partial charge in [-0.2, -0.15) is 0 Å². The van der Waals surface area contributed by atoms with E-state index in [4.69, 9.17) is 0 Å². The van der Waals surface area contributed by atoms with E-state index in [-0.39, 0.29) is 11.9 Å². The van der Waals surface area contributed by atoms with Crippen molar-refractivity contribution < 1.29 is 4.79 Å². The van der Waals surface area contributed by atoms with Gasteiger partial charge in [-0.3, -0.25) is 4.79 Å². The molecule has 0 saturated heterocycles. The zero-order chi connectivity index (χ0) is 19.2. The lowest BCUT2D eigenvalue weighted by Crippen LogP contribution is -2.26. The molecule has 0 aliphatic heterocycles. The van der Waals surface area contributed by atoms with Gasteiger partial charge in [-0.25, -0.2) is 0 Å². The van der Waals surface area contributed by atoms with Crippen molar-refractivity contribution in [2.75, 3.05) is 19.0 Å². The molecule has 1 unspecified atom stereocenters. The number of hydrogen-bond donors (Lipinski definition) is 1. The number of aromatic nitrogens is 1. The summed E-state index contributed by atoms with van der Waals surface area (Å²) in [4.78, 5) is 14.7. The van der Waals surface area contributed by atoms with Crippen LogP contribution in [0.3, 0.4) is 0 Å². The Morgan fingerprint density at radius 1 is 1.04 bits per heavy atom. The van der Waals surface area contributed by atoms with Gasteiger partial charge < -0.3 is 14.8 Å². The number of benzene rings is 2. The SMILES string of the molecule is Cc1cccc(C(CC(=O)NCc2ccc(N(C)C)cc2)n2cccc2)c1. The molecule has 0 bridgehead atoms. The van der Waals surface area contributed by atoms with E-state index in [1.165, 1.54) is 5.56 Å². The highest BCUT2D eigenvalue weighted by Gasteiger charge is 2.17. The van der Waals surface area contributed by atoms with Gasteiger partial charge in [0.15, 0.2) is 0 Å². The van der Waals surface area contributed by atoms with Crippen LogP contribution in [0.2, 0.25) is 0 Å². The van der Waals surface area contributed by atoms with Crippen molar-refractivity contribution in [2.45, 2.75) is 25.9 Å². The van der Waals surface area contributed by atoms with Crippen LogP contribution in [0.1, 0.15) is 29.2 Å². The van der Waals surface area contributed by atoms with Gasteiger partial charge in [0.1, 0.15) is 0 Å². The summed E-state index contributed by atoms with van der Waals surface area (Å²) in [6, 6.07) is 20.6. The molecule has 0 aliphatic rings. The first-order chi connectivity index (χ1) is 13.0. The van der Waals surface area contributed by atoms with Gasteiger partial charge >= 0.3 is 0 Å². The summed E-state index contributed by atoms with van der Waals surface area (Å²) in [6.07, 6.45) is 4.44. The minimum absolute atomic E-state index is 0.00369. The summed E-state index contributed by atoms with van der Waals surface area (Å²) >= 11 is 0. The van der Waals surface area contributed by atoms with E-state index in [1.54, 1.807) is 0 Å². The highest BCUT2D eigenvalue weighted by molar-refractivity contribution is 5.77. The maximum Gasteiger partial charge on any atom is 0.222 e. The first-order valence-electron chi connectivity index (χ1n) is 9.25. The molecule has 1 atom stereocenters. The third-order valence-corrected chi connectivity index (χ3v) is 4.74. The molecule has 3 rings (SSSR count). The fraction of sp³-hybridized carbons (Fsp3) is 0.261. The highest BCUT2D eigenvalue weighted by Crippen LogP contribution is 2.23. The summed E-state index contributed by atoms with van der Waals surface area (Å²) in [5.41, 5.74) is 4.60. The van der Waals surface area contributed by atoms with Gasteiger partial charge in [-0.1, -0.05) is 42.0 Å². The minimum atomic E-state index is -0.00369. The number of anilines is 1.